The standard InChI is InChI=1S/C15H14N8/c1-2-6-12-11(5-1)17-13-10(14-19-20-21-23(12)14)9-16-15(18-13)22-7-3-4-8-22/h1-2,5-6,9H,3-4,7-8H2,(H,16,17,18). The van der Waals surface area contributed by atoms with Crippen molar-refractivity contribution in [3.8, 4) is 17.1 Å². The Balaban J connectivity index is 1.70. The highest BCUT2D eigenvalue weighted by atomic mass is 15.5. The Morgan fingerprint density at radius 3 is 2.87 bits per heavy atom. The molecule has 1 aromatic carbocycles. The maximum absolute atomic E-state index is 4.73. The highest BCUT2D eigenvalue weighted by Crippen LogP contribution is 2.35. The Morgan fingerprint density at radius 1 is 1.09 bits per heavy atom. The van der Waals surface area contributed by atoms with Gasteiger partial charge in [-0.15, -0.1) is 5.10 Å². The van der Waals surface area contributed by atoms with Gasteiger partial charge in [0.05, 0.1) is 16.9 Å². The first kappa shape index (κ1) is 12.5. The number of hydrogen-bond acceptors (Lipinski definition) is 7. The van der Waals surface area contributed by atoms with Crippen molar-refractivity contribution in [3.05, 3.63) is 30.5 Å². The van der Waals surface area contributed by atoms with Crippen LogP contribution in [-0.4, -0.2) is 43.3 Å². The molecule has 23 heavy (non-hydrogen) atoms. The summed E-state index contributed by atoms with van der Waals surface area (Å²) in [6.45, 7) is 2.01. The molecule has 4 heterocycles. The van der Waals surface area contributed by atoms with E-state index in [9.17, 15) is 0 Å². The van der Waals surface area contributed by atoms with Crippen LogP contribution in [0.5, 0.6) is 0 Å². The van der Waals surface area contributed by atoms with Gasteiger partial charge in [0.2, 0.25) is 5.95 Å². The van der Waals surface area contributed by atoms with Gasteiger partial charge in [-0.1, -0.05) is 12.1 Å². The van der Waals surface area contributed by atoms with Crippen molar-refractivity contribution >= 4 is 17.5 Å². The minimum atomic E-state index is 0.644. The van der Waals surface area contributed by atoms with Gasteiger partial charge in [0.15, 0.2) is 5.82 Å². The van der Waals surface area contributed by atoms with Gasteiger partial charge in [-0.3, -0.25) is 0 Å². The van der Waals surface area contributed by atoms with E-state index in [2.05, 4.69) is 30.7 Å². The van der Waals surface area contributed by atoms with Gasteiger partial charge in [-0.05, 0) is 35.4 Å². The Kier molecular flexibility index (Phi) is 2.57. The molecule has 1 N–H and O–H groups in total. The van der Waals surface area contributed by atoms with Crippen molar-refractivity contribution in [1.29, 1.82) is 0 Å². The van der Waals surface area contributed by atoms with E-state index >= 15 is 0 Å². The molecule has 0 saturated carbocycles. The summed E-state index contributed by atoms with van der Waals surface area (Å²) in [4.78, 5) is 11.5. The summed E-state index contributed by atoms with van der Waals surface area (Å²) in [5.41, 5.74) is 2.62. The molecular formula is C15H14N8. The van der Waals surface area contributed by atoms with Crippen LogP contribution in [0, 0.1) is 0 Å². The first-order valence-corrected chi connectivity index (χ1v) is 7.67. The fourth-order valence-corrected chi connectivity index (χ4v) is 3.11. The smallest absolute Gasteiger partial charge is 0.227 e. The van der Waals surface area contributed by atoms with Gasteiger partial charge in [0.25, 0.3) is 0 Å². The van der Waals surface area contributed by atoms with E-state index in [4.69, 9.17) is 4.98 Å². The molecule has 1 fully saturated rings. The molecule has 114 valence electrons. The molecule has 5 rings (SSSR count). The average molecular weight is 306 g/mol. The number of nitrogens with one attached hydrogen (secondary N) is 1. The Bertz CT molecular complexity index is 881. The van der Waals surface area contributed by atoms with E-state index in [-0.39, 0.29) is 0 Å². The van der Waals surface area contributed by atoms with E-state index in [0.29, 0.717) is 5.82 Å². The number of para-hydroxylation sites is 2. The van der Waals surface area contributed by atoms with Gasteiger partial charge in [-0.25, -0.2) is 4.98 Å². The maximum atomic E-state index is 4.73. The second-order valence-electron chi connectivity index (χ2n) is 5.68. The molecule has 2 aliphatic rings. The second kappa shape index (κ2) is 4.73. The van der Waals surface area contributed by atoms with E-state index < -0.39 is 0 Å². The maximum Gasteiger partial charge on any atom is 0.227 e. The van der Waals surface area contributed by atoms with Gasteiger partial charge in [0.1, 0.15) is 5.82 Å². The molecule has 0 bridgehead atoms. The monoisotopic (exact) mass is 306 g/mol. The van der Waals surface area contributed by atoms with Crippen molar-refractivity contribution in [3.63, 3.8) is 0 Å². The lowest BCUT2D eigenvalue weighted by Crippen LogP contribution is -2.20. The normalized spacial score (nSPS) is 15.4. The molecule has 0 atom stereocenters. The number of anilines is 3. The Hall–Kier alpha value is -3.03. The minimum absolute atomic E-state index is 0.644. The predicted octanol–water partition coefficient (Wildman–Crippen LogP) is 1.78. The van der Waals surface area contributed by atoms with Gasteiger partial charge in [0, 0.05) is 19.3 Å². The highest BCUT2D eigenvalue weighted by molar-refractivity contribution is 5.81. The first-order valence-electron chi connectivity index (χ1n) is 7.67. The summed E-state index contributed by atoms with van der Waals surface area (Å²) in [5.74, 6) is 2.14. The summed E-state index contributed by atoms with van der Waals surface area (Å²) in [6.07, 6.45) is 4.18. The predicted molar refractivity (Wildman–Crippen MR) is 84.9 cm³/mol. The summed E-state index contributed by atoms with van der Waals surface area (Å²) in [6, 6.07) is 7.91. The minimum Gasteiger partial charge on any atom is -0.341 e. The topological polar surface area (TPSA) is 84.7 Å². The average Bonchev–Trinajstić information content (AvgIpc) is 3.25. The van der Waals surface area contributed by atoms with Crippen LogP contribution in [0.2, 0.25) is 0 Å². The van der Waals surface area contributed by atoms with Crippen LogP contribution < -0.4 is 10.2 Å². The quantitative estimate of drug-likeness (QED) is 0.573. The van der Waals surface area contributed by atoms with Crippen molar-refractivity contribution in [2.45, 2.75) is 12.8 Å². The third-order valence-electron chi connectivity index (χ3n) is 4.26. The number of benzene rings is 1. The SMILES string of the molecule is c1ccc2c(c1)Nc1nc(N3CCCC3)ncc1-c1nnnn1-2. The van der Waals surface area contributed by atoms with E-state index in [0.717, 1.165) is 41.8 Å². The molecule has 8 heteroatoms. The molecule has 2 aliphatic heterocycles. The Labute approximate surface area is 132 Å². The van der Waals surface area contributed by atoms with Crippen LogP contribution in [0.4, 0.5) is 17.5 Å². The molecule has 0 unspecified atom stereocenters. The van der Waals surface area contributed by atoms with Gasteiger partial charge >= 0.3 is 0 Å². The zero-order valence-corrected chi connectivity index (χ0v) is 12.3. The fourth-order valence-electron chi connectivity index (χ4n) is 3.11. The lowest BCUT2D eigenvalue weighted by atomic mass is 10.2. The first-order chi connectivity index (χ1) is 11.4. The molecule has 0 radical (unpaired) electrons. The molecule has 1 saturated heterocycles. The van der Waals surface area contributed by atoms with Crippen LogP contribution in [0.1, 0.15) is 12.8 Å². The number of aromatic nitrogens is 6. The molecule has 0 aliphatic carbocycles. The summed E-state index contributed by atoms with van der Waals surface area (Å²) >= 11 is 0. The number of nitrogens with zero attached hydrogens (tertiary/aromatic N) is 7. The van der Waals surface area contributed by atoms with E-state index in [1.54, 1.807) is 10.9 Å². The molecular weight excluding hydrogens is 292 g/mol. The van der Waals surface area contributed by atoms with E-state index in [1.807, 2.05) is 24.3 Å². The summed E-state index contributed by atoms with van der Waals surface area (Å²) in [7, 11) is 0. The van der Waals surface area contributed by atoms with Crippen molar-refractivity contribution in [1.82, 2.24) is 30.2 Å². The number of rotatable bonds is 1. The molecule has 2 aromatic heterocycles. The summed E-state index contributed by atoms with van der Waals surface area (Å²) in [5, 5.41) is 15.5. The van der Waals surface area contributed by atoms with E-state index in [1.165, 1.54) is 12.8 Å². The fraction of sp³-hybridized carbons (Fsp3) is 0.267. The summed E-state index contributed by atoms with van der Waals surface area (Å²) < 4.78 is 1.72. The molecule has 8 nitrogen and oxygen atoms in total. The van der Waals surface area contributed by atoms with Crippen LogP contribution in [-0.2, 0) is 0 Å². The lowest BCUT2D eigenvalue weighted by Gasteiger charge is -2.16. The second-order valence-corrected chi connectivity index (χ2v) is 5.68. The third kappa shape index (κ3) is 1.88. The van der Waals surface area contributed by atoms with Gasteiger partial charge < -0.3 is 10.2 Å². The van der Waals surface area contributed by atoms with Crippen LogP contribution >= 0.6 is 0 Å². The van der Waals surface area contributed by atoms with Crippen LogP contribution in [0.15, 0.2) is 30.5 Å². The lowest BCUT2D eigenvalue weighted by molar-refractivity contribution is 0.793. The van der Waals surface area contributed by atoms with Crippen molar-refractivity contribution in [2.24, 2.45) is 0 Å². The molecule has 0 spiro atoms. The van der Waals surface area contributed by atoms with Crippen LogP contribution in [0.3, 0.4) is 0 Å². The van der Waals surface area contributed by atoms with Gasteiger partial charge in [-0.2, -0.15) is 9.67 Å². The van der Waals surface area contributed by atoms with Crippen molar-refractivity contribution in [2.75, 3.05) is 23.3 Å². The zero-order valence-electron chi connectivity index (χ0n) is 12.3. The highest BCUT2D eigenvalue weighted by Gasteiger charge is 2.24. The zero-order chi connectivity index (χ0) is 15.2. The van der Waals surface area contributed by atoms with Crippen LogP contribution in [0.25, 0.3) is 17.1 Å². The molecule has 3 aromatic rings. The third-order valence-corrected chi connectivity index (χ3v) is 4.26. The molecule has 0 amide bonds. The number of tetrazole rings is 1. The van der Waals surface area contributed by atoms with Crippen molar-refractivity contribution < 1.29 is 0 Å². The number of fused-ring (bicyclic) bond motifs is 5. The Morgan fingerprint density at radius 2 is 1.96 bits per heavy atom. The number of hydrogen-bond donors (Lipinski definition) is 1. The largest absolute Gasteiger partial charge is 0.341 e.